The fraction of sp³-hybridized carbons (Fsp3) is 0.188. The van der Waals surface area contributed by atoms with Crippen molar-refractivity contribution < 1.29 is 5.21 Å². The Morgan fingerprint density at radius 2 is 1.86 bits per heavy atom. The third-order valence-corrected chi connectivity index (χ3v) is 4.73. The van der Waals surface area contributed by atoms with Crippen LogP contribution < -0.4 is 5.73 Å². The molecule has 0 saturated carbocycles. The van der Waals surface area contributed by atoms with E-state index in [1.165, 1.54) is 16.7 Å². The molecule has 2 aromatic rings. The van der Waals surface area contributed by atoms with Crippen LogP contribution in [0.25, 0.3) is 0 Å². The molecule has 0 unspecified atom stereocenters. The molecule has 0 amide bonds. The van der Waals surface area contributed by atoms with Crippen molar-refractivity contribution in [2.45, 2.75) is 24.5 Å². The Labute approximate surface area is 137 Å². The summed E-state index contributed by atoms with van der Waals surface area (Å²) in [7, 11) is 0. The van der Waals surface area contributed by atoms with Crippen molar-refractivity contribution in [3.63, 3.8) is 0 Å². The Morgan fingerprint density at radius 1 is 1.19 bits per heavy atom. The smallest absolute Gasteiger partial charge is 0.171 e. The minimum Gasteiger partial charge on any atom is -0.409 e. The highest BCUT2D eigenvalue weighted by Crippen LogP contribution is 2.28. The molecule has 0 spiro atoms. The highest BCUT2D eigenvalue weighted by molar-refractivity contribution is 9.10. The van der Waals surface area contributed by atoms with Crippen LogP contribution in [-0.2, 0) is 5.75 Å². The second-order valence-electron chi connectivity index (χ2n) is 4.91. The first-order chi connectivity index (χ1) is 9.99. The quantitative estimate of drug-likeness (QED) is 0.277. The fourth-order valence-electron chi connectivity index (χ4n) is 2.17. The van der Waals surface area contributed by atoms with Crippen LogP contribution in [0.2, 0.25) is 0 Å². The van der Waals surface area contributed by atoms with Crippen LogP contribution in [0.3, 0.4) is 0 Å². The summed E-state index contributed by atoms with van der Waals surface area (Å²) in [4.78, 5) is 1.13. The van der Waals surface area contributed by atoms with Crippen molar-refractivity contribution in [1.82, 2.24) is 0 Å². The zero-order valence-electron chi connectivity index (χ0n) is 11.9. The van der Waals surface area contributed by atoms with Gasteiger partial charge in [0.2, 0.25) is 0 Å². The molecular formula is C16H17BrN2OS. The van der Waals surface area contributed by atoms with E-state index < -0.39 is 0 Å². The summed E-state index contributed by atoms with van der Waals surface area (Å²) in [6, 6.07) is 12.4. The Hall–Kier alpha value is -1.46. The molecule has 0 radical (unpaired) electrons. The van der Waals surface area contributed by atoms with E-state index >= 15 is 0 Å². The van der Waals surface area contributed by atoms with Crippen molar-refractivity contribution in [3.05, 3.63) is 63.1 Å². The van der Waals surface area contributed by atoms with Crippen LogP contribution in [-0.4, -0.2) is 11.0 Å². The lowest BCUT2D eigenvalue weighted by Crippen LogP contribution is -2.13. The summed E-state index contributed by atoms with van der Waals surface area (Å²) in [6.45, 7) is 4.23. The number of oxime groups is 1. The number of nitrogens with two attached hydrogens (primary N) is 1. The van der Waals surface area contributed by atoms with Crippen LogP contribution >= 0.6 is 27.7 Å². The molecule has 0 aliphatic rings. The van der Waals surface area contributed by atoms with E-state index in [1.807, 2.05) is 18.2 Å². The van der Waals surface area contributed by atoms with Gasteiger partial charge in [0, 0.05) is 20.7 Å². The molecule has 0 atom stereocenters. The van der Waals surface area contributed by atoms with E-state index in [4.69, 9.17) is 10.9 Å². The summed E-state index contributed by atoms with van der Waals surface area (Å²) in [5, 5.41) is 11.7. The molecule has 21 heavy (non-hydrogen) atoms. The van der Waals surface area contributed by atoms with E-state index in [1.54, 1.807) is 11.8 Å². The Bertz CT molecular complexity index is 666. The topological polar surface area (TPSA) is 58.6 Å². The molecule has 2 rings (SSSR count). The molecule has 0 bridgehead atoms. The SMILES string of the molecule is Cc1cc(C)cc(CSc2ccc(/C(N)=N/O)c(Br)c2)c1. The maximum absolute atomic E-state index is 8.72. The van der Waals surface area contributed by atoms with Gasteiger partial charge in [-0.3, -0.25) is 0 Å². The van der Waals surface area contributed by atoms with Crippen molar-refractivity contribution >= 4 is 33.5 Å². The molecule has 0 fully saturated rings. The number of halogens is 1. The van der Waals surface area contributed by atoms with Gasteiger partial charge in [-0.1, -0.05) is 34.5 Å². The standard InChI is InChI=1S/C16H17BrN2OS/c1-10-5-11(2)7-12(6-10)9-21-13-3-4-14(15(17)8-13)16(18)19-20/h3-8,20H,9H2,1-2H3,(H2,18,19). The number of benzene rings is 2. The van der Waals surface area contributed by atoms with Crippen LogP contribution in [0.5, 0.6) is 0 Å². The zero-order chi connectivity index (χ0) is 15.4. The molecule has 3 nitrogen and oxygen atoms in total. The van der Waals surface area contributed by atoms with Crippen LogP contribution in [0, 0.1) is 13.8 Å². The van der Waals surface area contributed by atoms with Crippen LogP contribution in [0.4, 0.5) is 0 Å². The molecule has 5 heteroatoms. The number of thioether (sulfide) groups is 1. The molecule has 0 aliphatic heterocycles. The highest BCUT2D eigenvalue weighted by Gasteiger charge is 2.06. The summed E-state index contributed by atoms with van der Waals surface area (Å²) in [5.41, 5.74) is 10.2. The van der Waals surface area contributed by atoms with Crippen LogP contribution in [0.15, 0.2) is 50.9 Å². The first kappa shape index (κ1) is 15.9. The summed E-state index contributed by atoms with van der Waals surface area (Å²) in [5.74, 6) is 1.02. The van der Waals surface area contributed by atoms with Gasteiger partial charge >= 0.3 is 0 Å². The lowest BCUT2D eigenvalue weighted by atomic mass is 10.1. The van der Waals surface area contributed by atoms with Gasteiger partial charge in [-0.15, -0.1) is 11.8 Å². The normalized spacial score (nSPS) is 11.7. The lowest BCUT2D eigenvalue weighted by molar-refractivity contribution is 0.318. The van der Waals surface area contributed by atoms with Gasteiger partial charge in [-0.2, -0.15) is 0 Å². The van der Waals surface area contributed by atoms with Gasteiger partial charge in [0.15, 0.2) is 5.84 Å². The number of amidine groups is 1. The van der Waals surface area contributed by atoms with Gasteiger partial charge in [0.05, 0.1) is 0 Å². The number of rotatable bonds is 4. The third kappa shape index (κ3) is 4.25. The van der Waals surface area contributed by atoms with Crippen molar-refractivity contribution in [1.29, 1.82) is 0 Å². The first-order valence-corrected chi connectivity index (χ1v) is 8.25. The van der Waals surface area contributed by atoms with Gasteiger partial charge in [0.25, 0.3) is 0 Å². The van der Waals surface area contributed by atoms with Crippen molar-refractivity contribution in [3.8, 4) is 0 Å². The maximum Gasteiger partial charge on any atom is 0.171 e. The molecule has 2 aromatic carbocycles. The summed E-state index contributed by atoms with van der Waals surface area (Å²) in [6.07, 6.45) is 0. The number of nitrogens with zero attached hydrogens (tertiary/aromatic N) is 1. The molecule has 0 heterocycles. The maximum atomic E-state index is 8.72. The van der Waals surface area contributed by atoms with E-state index in [9.17, 15) is 0 Å². The van der Waals surface area contributed by atoms with E-state index in [0.717, 1.165) is 15.1 Å². The first-order valence-electron chi connectivity index (χ1n) is 6.47. The van der Waals surface area contributed by atoms with Crippen molar-refractivity contribution in [2.75, 3.05) is 0 Å². The fourth-order valence-corrected chi connectivity index (χ4v) is 3.77. The number of hydrogen-bond donors (Lipinski definition) is 2. The second kappa shape index (κ2) is 7.00. The predicted molar refractivity (Wildman–Crippen MR) is 92.1 cm³/mol. The molecule has 0 saturated heterocycles. The number of hydrogen-bond acceptors (Lipinski definition) is 3. The van der Waals surface area contributed by atoms with Gasteiger partial charge < -0.3 is 10.9 Å². The van der Waals surface area contributed by atoms with E-state index in [2.05, 4.69) is 53.1 Å². The van der Waals surface area contributed by atoms with Gasteiger partial charge in [-0.25, -0.2) is 0 Å². The van der Waals surface area contributed by atoms with Gasteiger partial charge in [-0.05, 0) is 53.5 Å². The minimum absolute atomic E-state index is 0.104. The monoisotopic (exact) mass is 364 g/mol. The lowest BCUT2D eigenvalue weighted by Gasteiger charge is -2.07. The summed E-state index contributed by atoms with van der Waals surface area (Å²) < 4.78 is 0.822. The average molecular weight is 365 g/mol. The van der Waals surface area contributed by atoms with E-state index in [0.29, 0.717) is 5.56 Å². The number of aryl methyl sites for hydroxylation is 2. The van der Waals surface area contributed by atoms with Gasteiger partial charge in [0.1, 0.15) is 0 Å². The highest BCUT2D eigenvalue weighted by atomic mass is 79.9. The Morgan fingerprint density at radius 3 is 2.43 bits per heavy atom. The third-order valence-electron chi connectivity index (χ3n) is 3.01. The molecule has 110 valence electrons. The largest absolute Gasteiger partial charge is 0.409 e. The average Bonchev–Trinajstić information content (AvgIpc) is 2.43. The van der Waals surface area contributed by atoms with Crippen molar-refractivity contribution in [2.24, 2.45) is 10.9 Å². The summed E-state index contributed by atoms with van der Waals surface area (Å²) >= 11 is 5.21. The zero-order valence-corrected chi connectivity index (χ0v) is 14.3. The van der Waals surface area contributed by atoms with E-state index in [-0.39, 0.29) is 5.84 Å². The Kier molecular flexibility index (Phi) is 5.31. The predicted octanol–water partition coefficient (Wildman–Crippen LogP) is 4.45. The molecule has 3 N–H and O–H groups in total. The molecule has 0 aliphatic carbocycles. The molecule has 0 aromatic heterocycles. The Balaban J connectivity index is 2.12. The minimum atomic E-state index is 0.104. The second-order valence-corrected chi connectivity index (χ2v) is 6.81. The van der Waals surface area contributed by atoms with Crippen LogP contribution in [0.1, 0.15) is 22.3 Å². The molecular weight excluding hydrogens is 348 g/mol.